The third-order valence-electron chi connectivity index (χ3n) is 5.59. The Hall–Kier alpha value is -2.51. The van der Waals surface area contributed by atoms with Crippen LogP contribution < -0.4 is 16.2 Å². The van der Waals surface area contributed by atoms with E-state index in [9.17, 15) is 9.59 Å². The van der Waals surface area contributed by atoms with Gasteiger partial charge in [0.15, 0.2) is 0 Å². The van der Waals surface area contributed by atoms with Gasteiger partial charge in [-0.15, -0.1) is 11.3 Å². The summed E-state index contributed by atoms with van der Waals surface area (Å²) in [4.78, 5) is 33.9. The van der Waals surface area contributed by atoms with Gasteiger partial charge in [0.1, 0.15) is 4.83 Å². The van der Waals surface area contributed by atoms with E-state index in [4.69, 9.17) is 5.73 Å². The van der Waals surface area contributed by atoms with Crippen LogP contribution >= 0.6 is 11.3 Å². The summed E-state index contributed by atoms with van der Waals surface area (Å²) in [6.45, 7) is 5.46. The van der Waals surface area contributed by atoms with Crippen molar-refractivity contribution in [1.29, 1.82) is 0 Å². The molecule has 0 aliphatic carbocycles. The molecule has 1 aliphatic heterocycles. The molecule has 0 saturated heterocycles. The van der Waals surface area contributed by atoms with Crippen molar-refractivity contribution in [2.24, 2.45) is 5.73 Å². The molecule has 2 N–H and O–H groups in total. The summed E-state index contributed by atoms with van der Waals surface area (Å²) < 4.78 is 1.56. The van der Waals surface area contributed by atoms with Gasteiger partial charge in [-0.2, -0.15) is 0 Å². The monoisotopic (exact) mass is 396 g/mol. The molecule has 4 rings (SSSR count). The van der Waals surface area contributed by atoms with E-state index in [1.54, 1.807) is 10.9 Å². The number of rotatable bonds is 4. The number of carbonyl (C=O) groups excluding carboxylic acids is 1. The minimum atomic E-state index is -0.0656. The molecule has 0 unspecified atom stereocenters. The molecule has 0 saturated carbocycles. The lowest BCUT2D eigenvalue weighted by molar-refractivity contribution is -0.118. The molecule has 2 aromatic heterocycles. The summed E-state index contributed by atoms with van der Waals surface area (Å²) in [6.07, 6.45) is 3.70. The normalized spacial score (nSPS) is 13.8. The maximum absolute atomic E-state index is 12.9. The maximum Gasteiger partial charge on any atom is 0.262 e. The first-order valence-corrected chi connectivity index (χ1v) is 10.4. The molecule has 0 radical (unpaired) electrons. The highest BCUT2D eigenvalue weighted by Gasteiger charge is 2.24. The minimum absolute atomic E-state index is 0.0281. The molecule has 28 heavy (non-hydrogen) atoms. The average molecular weight is 397 g/mol. The number of carbonyl (C=O) groups is 1. The number of thiophene rings is 1. The molecule has 3 heterocycles. The summed E-state index contributed by atoms with van der Waals surface area (Å²) in [5, 5.41) is 0.674. The Morgan fingerprint density at radius 2 is 2.14 bits per heavy atom. The summed E-state index contributed by atoms with van der Waals surface area (Å²) in [5.74, 6) is 0.0281. The fourth-order valence-electron chi connectivity index (χ4n) is 3.93. The van der Waals surface area contributed by atoms with E-state index < -0.39 is 0 Å². The summed E-state index contributed by atoms with van der Waals surface area (Å²) in [5.41, 5.74) is 10.0. The van der Waals surface area contributed by atoms with Crippen molar-refractivity contribution in [3.63, 3.8) is 0 Å². The molecule has 3 aromatic rings. The molecule has 0 bridgehead atoms. The predicted molar refractivity (Wildman–Crippen MR) is 113 cm³/mol. The Labute approximate surface area is 167 Å². The van der Waals surface area contributed by atoms with Crippen LogP contribution in [0.4, 0.5) is 5.69 Å². The minimum Gasteiger partial charge on any atom is -0.326 e. The van der Waals surface area contributed by atoms with Crippen LogP contribution in [0.5, 0.6) is 0 Å². The first-order valence-electron chi connectivity index (χ1n) is 9.57. The fraction of sp³-hybridized carbons (Fsp3) is 0.381. The van der Waals surface area contributed by atoms with Gasteiger partial charge in [-0.3, -0.25) is 14.2 Å². The van der Waals surface area contributed by atoms with Crippen molar-refractivity contribution in [2.45, 2.75) is 46.2 Å². The smallest absolute Gasteiger partial charge is 0.262 e. The van der Waals surface area contributed by atoms with Crippen LogP contribution in [0.1, 0.15) is 34.4 Å². The van der Waals surface area contributed by atoms with Crippen molar-refractivity contribution in [3.8, 4) is 0 Å². The fourth-order valence-corrected chi connectivity index (χ4v) is 4.92. The molecule has 1 amide bonds. The van der Waals surface area contributed by atoms with Gasteiger partial charge in [0.25, 0.3) is 5.56 Å². The number of aromatic nitrogens is 2. The van der Waals surface area contributed by atoms with Crippen LogP contribution in [-0.2, 0) is 24.3 Å². The lowest BCUT2D eigenvalue weighted by Crippen LogP contribution is -2.37. The second-order valence-corrected chi connectivity index (χ2v) is 8.43. The molecular weight excluding hydrogens is 372 g/mol. The van der Waals surface area contributed by atoms with Gasteiger partial charge in [0.2, 0.25) is 5.91 Å². The molecule has 7 heteroatoms. The van der Waals surface area contributed by atoms with Gasteiger partial charge >= 0.3 is 0 Å². The number of fused-ring (bicyclic) bond motifs is 2. The quantitative estimate of drug-likeness (QED) is 0.735. The van der Waals surface area contributed by atoms with Gasteiger partial charge in [0, 0.05) is 36.6 Å². The van der Waals surface area contributed by atoms with E-state index >= 15 is 0 Å². The summed E-state index contributed by atoms with van der Waals surface area (Å²) in [7, 11) is 0. The van der Waals surface area contributed by atoms with Crippen molar-refractivity contribution in [1.82, 2.24) is 9.55 Å². The van der Waals surface area contributed by atoms with Crippen LogP contribution in [-0.4, -0.2) is 22.0 Å². The Kier molecular flexibility index (Phi) is 5.03. The molecular formula is C21H24N4O2S. The highest BCUT2D eigenvalue weighted by atomic mass is 32.1. The first-order chi connectivity index (χ1) is 13.5. The molecule has 1 aromatic carbocycles. The second kappa shape index (κ2) is 7.48. The van der Waals surface area contributed by atoms with Crippen molar-refractivity contribution >= 4 is 33.1 Å². The molecule has 0 spiro atoms. The van der Waals surface area contributed by atoms with Crippen molar-refractivity contribution in [3.05, 3.63) is 56.4 Å². The van der Waals surface area contributed by atoms with Gasteiger partial charge in [0.05, 0.1) is 11.7 Å². The zero-order chi connectivity index (χ0) is 19.8. The van der Waals surface area contributed by atoms with E-state index in [2.05, 4.69) is 4.98 Å². The number of nitrogens with two attached hydrogens (primary N) is 1. The largest absolute Gasteiger partial charge is 0.326 e. The molecule has 146 valence electrons. The van der Waals surface area contributed by atoms with Gasteiger partial charge in [-0.05, 0) is 49.4 Å². The number of aryl methyl sites for hydroxylation is 3. The Bertz CT molecular complexity index is 1120. The zero-order valence-corrected chi connectivity index (χ0v) is 17.0. The van der Waals surface area contributed by atoms with Gasteiger partial charge in [-0.1, -0.05) is 12.1 Å². The van der Waals surface area contributed by atoms with Crippen molar-refractivity contribution in [2.75, 3.05) is 11.4 Å². The van der Waals surface area contributed by atoms with Crippen LogP contribution in [0.25, 0.3) is 10.2 Å². The topological polar surface area (TPSA) is 81.2 Å². The van der Waals surface area contributed by atoms with Gasteiger partial charge in [-0.25, -0.2) is 4.98 Å². The van der Waals surface area contributed by atoms with Crippen LogP contribution in [0, 0.1) is 13.8 Å². The standard InChI is InChI=1S/C21H24N4O2S/c1-13-14(2)28-20-19(13)21(27)24(12-23-20)10-8-18(26)25-9-4-6-16-15(11-22)5-3-7-17(16)25/h3,5,7,12H,4,6,8-11,22H2,1-2H3. The van der Waals surface area contributed by atoms with Crippen LogP contribution in [0.2, 0.25) is 0 Å². The summed E-state index contributed by atoms with van der Waals surface area (Å²) >= 11 is 1.53. The zero-order valence-electron chi connectivity index (χ0n) is 16.2. The Morgan fingerprint density at radius 1 is 1.32 bits per heavy atom. The Morgan fingerprint density at radius 3 is 2.93 bits per heavy atom. The highest BCUT2D eigenvalue weighted by Crippen LogP contribution is 2.30. The molecule has 0 fully saturated rings. The number of nitrogens with zero attached hydrogens (tertiary/aromatic N) is 3. The molecule has 1 aliphatic rings. The second-order valence-electron chi connectivity index (χ2n) is 7.22. The summed E-state index contributed by atoms with van der Waals surface area (Å²) in [6, 6.07) is 5.97. The number of benzene rings is 1. The SMILES string of the molecule is Cc1sc2ncn(CCC(=O)N3CCCc4c(CN)cccc43)c(=O)c2c1C. The van der Waals surface area contributed by atoms with E-state index in [1.807, 2.05) is 36.9 Å². The van der Waals surface area contributed by atoms with E-state index in [0.29, 0.717) is 25.0 Å². The first kappa shape index (κ1) is 18.8. The number of hydrogen-bond donors (Lipinski definition) is 1. The van der Waals surface area contributed by atoms with Gasteiger partial charge < -0.3 is 10.6 Å². The van der Waals surface area contributed by atoms with Crippen LogP contribution in [0.3, 0.4) is 0 Å². The van der Waals surface area contributed by atoms with E-state index in [1.165, 1.54) is 16.9 Å². The van der Waals surface area contributed by atoms with E-state index in [-0.39, 0.29) is 17.9 Å². The third-order valence-corrected chi connectivity index (χ3v) is 6.71. The van der Waals surface area contributed by atoms with Crippen LogP contribution in [0.15, 0.2) is 29.3 Å². The van der Waals surface area contributed by atoms with Crippen molar-refractivity contribution < 1.29 is 4.79 Å². The third kappa shape index (κ3) is 3.14. The highest BCUT2D eigenvalue weighted by molar-refractivity contribution is 7.18. The van der Waals surface area contributed by atoms with E-state index in [0.717, 1.165) is 39.4 Å². The molecule has 6 nitrogen and oxygen atoms in total. The lowest BCUT2D eigenvalue weighted by atomic mass is 9.96. The maximum atomic E-state index is 12.9. The predicted octanol–water partition coefficient (Wildman–Crippen LogP) is 2.90. The lowest BCUT2D eigenvalue weighted by Gasteiger charge is -2.31. The number of anilines is 1. The Balaban J connectivity index is 1.57. The number of hydrogen-bond acceptors (Lipinski definition) is 5. The average Bonchev–Trinajstić information content (AvgIpc) is 3.00. The molecule has 0 atom stereocenters. The number of amides is 1.